The summed E-state index contributed by atoms with van der Waals surface area (Å²) in [5.41, 5.74) is 1.99. The van der Waals surface area contributed by atoms with E-state index in [1.807, 2.05) is 48.5 Å². The summed E-state index contributed by atoms with van der Waals surface area (Å²) >= 11 is 3.43. The van der Waals surface area contributed by atoms with Crippen molar-refractivity contribution in [1.82, 2.24) is 5.32 Å². The Morgan fingerprint density at radius 1 is 1.23 bits per heavy atom. The normalized spacial score (nSPS) is 11.9. The molecule has 22 heavy (non-hydrogen) atoms. The third kappa shape index (κ3) is 4.58. The summed E-state index contributed by atoms with van der Waals surface area (Å²) in [4.78, 5) is 11.4. The maximum Gasteiger partial charge on any atom is 0.321 e. The van der Waals surface area contributed by atoms with Gasteiger partial charge in [0.1, 0.15) is 11.8 Å². The number of hydrogen-bond acceptors (Lipinski definition) is 3. The van der Waals surface area contributed by atoms with Crippen molar-refractivity contribution in [1.29, 1.82) is 0 Å². The summed E-state index contributed by atoms with van der Waals surface area (Å²) in [5.74, 6) is -0.0979. The summed E-state index contributed by atoms with van der Waals surface area (Å²) in [5, 5.41) is 12.4. The van der Waals surface area contributed by atoms with Crippen molar-refractivity contribution in [2.75, 3.05) is 7.11 Å². The van der Waals surface area contributed by atoms with Gasteiger partial charge in [-0.1, -0.05) is 36.4 Å². The number of carboxylic acids is 1. The lowest BCUT2D eigenvalue weighted by molar-refractivity contribution is -0.139. The molecule has 0 unspecified atom stereocenters. The van der Waals surface area contributed by atoms with Crippen molar-refractivity contribution in [2.24, 2.45) is 0 Å². The second kappa shape index (κ2) is 7.96. The van der Waals surface area contributed by atoms with Gasteiger partial charge in [-0.05, 0) is 45.6 Å². The Morgan fingerprint density at radius 3 is 2.55 bits per heavy atom. The van der Waals surface area contributed by atoms with E-state index in [4.69, 9.17) is 4.74 Å². The first-order chi connectivity index (χ1) is 10.6. The number of benzene rings is 2. The first-order valence-corrected chi connectivity index (χ1v) is 7.72. The zero-order valence-electron chi connectivity index (χ0n) is 12.3. The molecule has 0 fully saturated rings. The SMILES string of the molecule is COc1ccc(CN[C@@H](Cc2ccccc2)C(=O)O)cc1Br. The predicted octanol–water partition coefficient (Wildman–Crippen LogP) is 3.24. The van der Waals surface area contributed by atoms with Crippen molar-refractivity contribution in [3.8, 4) is 5.75 Å². The van der Waals surface area contributed by atoms with Crippen LogP contribution in [0.4, 0.5) is 0 Å². The summed E-state index contributed by atoms with van der Waals surface area (Å²) in [6, 6.07) is 14.7. The molecule has 1 atom stereocenters. The van der Waals surface area contributed by atoms with Crippen LogP contribution in [0.1, 0.15) is 11.1 Å². The molecule has 0 aliphatic carbocycles. The van der Waals surface area contributed by atoms with Crippen molar-refractivity contribution >= 4 is 21.9 Å². The zero-order chi connectivity index (χ0) is 15.9. The molecule has 0 bridgehead atoms. The predicted molar refractivity (Wildman–Crippen MR) is 89.1 cm³/mol. The van der Waals surface area contributed by atoms with Crippen LogP contribution in [0.5, 0.6) is 5.75 Å². The fourth-order valence-electron chi connectivity index (χ4n) is 2.16. The van der Waals surface area contributed by atoms with Crippen LogP contribution < -0.4 is 10.1 Å². The van der Waals surface area contributed by atoms with E-state index in [9.17, 15) is 9.90 Å². The van der Waals surface area contributed by atoms with Crippen LogP contribution in [0.3, 0.4) is 0 Å². The van der Waals surface area contributed by atoms with Gasteiger partial charge in [0.25, 0.3) is 0 Å². The van der Waals surface area contributed by atoms with E-state index in [1.54, 1.807) is 7.11 Å². The molecule has 0 spiro atoms. The average molecular weight is 364 g/mol. The maximum atomic E-state index is 11.4. The van der Waals surface area contributed by atoms with Crippen LogP contribution >= 0.6 is 15.9 Å². The van der Waals surface area contributed by atoms with Gasteiger partial charge < -0.3 is 15.2 Å². The number of halogens is 1. The lowest BCUT2D eigenvalue weighted by Gasteiger charge is -2.15. The van der Waals surface area contributed by atoms with Gasteiger partial charge in [-0.3, -0.25) is 4.79 Å². The van der Waals surface area contributed by atoms with Crippen LogP contribution in [-0.4, -0.2) is 24.2 Å². The topological polar surface area (TPSA) is 58.6 Å². The monoisotopic (exact) mass is 363 g/mol. The number of aliphatic carboxylic acids is 1. The molecule has 4 nitrogen and oxygen atoms in total. The van der Waals surface area contributed by atoms with Gasteiger partial charge >= 0.3 is 5.97 Å². The average Bonchev–Trinajstić information content (AvgIpc) is 2.52. The van der Waals surface area contributed by atoms with Gasteiger partial charge in [0, 0.05) is 6.54 Å². The fourth-order valence-corrected chi connectivity index (χ4v) is 2.75. The Labute approximate surface area is 138 Å². The van der Waals surface area contributed by atoms with Crippen LogP contribution in [0.2, 0.25) is 0 Å². The first kappa shape index (κ1) is 16.5. The molecule has 2 aromatic rings. The maximum absolute atomic E-state index is 11.4. The molecule has 0 radical (unpaired) electrons. The third-order valence-electron chi connectivity index (χ3n) is 3.35. The standard InChI is InChI=1S/C17H18BrNO3/c1-22-16-8-7-13(9-14(16)18)11-19-15(17(20)21)10-12-5-3-2-4-6-12/h2-9,15,19H,10-11H2,1H3,(H,20,21)/t15-/m0/s1. The molecule has 0 amide bonds. The minimum atomic E-state index is -0.851. The van der Waals surface area contributed by atoms with Crippen molar-refractivity contribution in [3.05, 3.63) is 64.1 Å². The number of carbonyl (C=O) groups is 1. The highest BCUT2D eigenvalue weighted by Gasteiger charge is 2.17. The fraction of sp³-hybridized carbons (Fsp3) is 0.235. The van der Waals surface area contributed by atoms with Gasteiger partial charge in [0.15, 0.2) is 0 Å². The van der Waals surface area contributed by atoms with Crippen molar-refractivity contribution < 1.29 is 14.6 Å². The molecule has 2 aromatic carbocycles. The Kier molecular flexibility index (Phi) is 5.98. The molecule has 0 heterocycles. The molecule has 116 valence electrons. The highest BCUT2D eigenvalue weighted by Crippen LogP contribution is 2.25. The molecule has 2 rings (SSSR count). The Bertz CT molecular complexity index is 631. The summed E-state index contributed by atoms with van der Waals surface area (Å²) < 4.78 is 6.03. The highest BCUT2D eigenvalue weighted by molar-refractivity contribution is 9.10. The molecule has 0 saturated heterocycles. The van der Waals surface area contributed by atoms with Crippen LogP contribution in [0.15, 0.2) is 53.0 Å². The largest absolute Gasteiger partial charge is 0.496 e. The zero-order valence-corrected chi connectivity index (χ0v) is 13.8. The number of ether oxygens (including phenoxy) is 1. The second-order valence-corrected chi connectivity index (χ2v) is 5.78. The van der Waals surface area contributed by atoms with E-state index < -0.39 is 12.0 Å². The first-order valence-electron chi connectivity index (χ1n) is 6.92. The van der Waals surface area contributed by atoms with Gasteiger partial charge in [0.05, 0.1) is 11.6 Å². The highest BCUT2D eigenvalue weighted by atomic mass is 79.9. The summed E-state index contributed by atoms with van der Waals surface area (Å²) in [6.45, 7) is 0.479. The third-order valence-corrected chi connectivity index (χ3v) is 3.97. The minimum Gasteiger partial charge on any atom is -0.496 e. The van der Waals surface area contributed by atoms with E-state index in [0.29, 0.717) is 13.0 Å². The van der Waals surface area contributed by atoms with E-state index in [1.165, 1.54) is 0 Å². The Balaban J connectivity index is 2.00. The molecule has 5 heteroatoms. The molecule has 0 aromatic heterocycles. The Hall–Kier alpha value is -1.85. The van der Waals surface area contributed by atoms with E-state index in [2.05, 4.69) is 21.2 Å². The van der Waals surface area contributed by atoms with Crippen LogP contribution in [0.25, 0.3) is 0 Å². The molecule has 0 saturated carbocycles. The van der Waals surface area contributed by atoms with Gasteiger partial charge in [-0.2, -0.15) is 0 Å². The Morgan fingerprint density at radius 2 is 1.95 bits per heavy atom. The number of hydrogen-bond donors (Lipinski definition) is 2. The number of carboxylic acid groups (broad SMARTS) is 1. The molecule has 0 aliphatic rings. The van der Waals surface area contributed by atoms with Crippen LogP contribution in [-0.2, 0) is 17.8 Å². The number of nitrogens with one attached hydrogen (secondary N) is 1. The quantitative estimate of drug-likeness (QED) is 0.792. The lowest BCUT2D eigenvalue weighted by Crippen LogP contribution is -2.38. The van der Waals surface area contributed by atoms with Gasteiger partial charge in [-0.25, -0.2) is 0 Å². The minimum absolute atomic E-state index is 0.452. The molecular formula is C17H18BrNO3. The van der Waals surface area contributed by atoms with Gasteiger partial charge in [0.2, 0.25) is 0 Å². The van der Waals surface area contributed by atoms with E-state index in [-0.39, 0.29) is 0 Å². The summed E-state index contributed by atoms with van der Waals surface area (Å²) in [7, 11) is 1.61. The van der Waals surface area contributed by atoms with Crippen molar-refractivity contribution in [2.45, 2.75) is 19.0 Å². The van der Waals surface area contributed by atoms with E-state index in [0.717, 1.165) is 21.3 Å². The molecular weight excluding hydrogens is 346 g/mol. The van der Waals surface area contributed by atoms with Crippen LogP contribution in [0, 0.1) is 0 Å². The smallest absolute Gasteiger partial charge is 0.321 e. The van der Waals surface area contributed by atoms with E-state index >= 15 is 0 Å². The number of rotatable bonds is 7. The summed E-state index contributed by atoms with van der Waals surface area (Å²) in [6.07, 6.45) is 0.452. The number of methoxy groups -OCH3 is 1. The van der Waals surface area contributed by atoms with Crippen molar-refractivity contribution in [3.63, 3.8) is 0 Å². The molecule has 0 aliphatic heterocycles. The second-order valence-electron chi connectivity index (χ2n) is 4.93. The van der Waals surface area contributed by atoms with Gasteiger partial charge in [-0.15, -0.1) is 0 Å². The lowest BCUT2D eigenvalue weighted by atomic mass is 10.1. The molecule has 2 N–H and O–H groups in total.